The average Bonchev–Trinajstić information content (AvgIpc) is 2.81. The Labute approximate surface area is 115 Å². The Morgan fingerprint density at radius 2 is 2.26 bits per heavy atom. The summed E-state index contributed by atoms with van der Waals surface area (Å²) in [4.78, 5) is 9.71. The molecule has 19 heavy (non-hydrogen) atoms. The summed E-state index contributed by atoms with van der Waals surface area (Å²) < 4.78 is 18.0. The summed E-state index contributed by atoms with van der Waals surface area (Å²) in [5.74, 6) is -0.342. The van der Waals surface area contributed by atoms with Crippen molar-refractivity contribution in [2.75, 3.05) is 13.7 Å². The van der Waals surface area contributed by atoms with Crippen LogP contribution >= 0.6 is 11.3 Å². The average molecular weight is 281 g/mol. The number of pyridine rings is 1. The van der Waals surface area contributed by atoms with Gasteiger partial charge in [0, 0.05) is 18.5 Å². The summed E-state index contributed by atoms with van der Waals surface area (Å²) >= 11 is 1.56. The van der Waals surface area contributed by atoms with E-state index in [1.165, 1.54) is 12.3 Å². The summed E-state index contributed by atoms with van der Waals surface area (Å²) in [6.45, 7) is 4.18. The molecule has 2 aromatic heterocycles. The molecule has 2 aromatic rings. The summed E-state index contributed by atoms with van der Waals surface area (Å²) in [6, 6.07) is 3.03. The van der Waals surface area contributed by atoms with Crippen molar-refractivity contribution < 1.29 is 9.13 Å². The monoisotopic (exact) mass is 281 g/mol. The summed E-state index contributed by atoms with van der Waals surface area (Å²) in [6.07, 6.45) is 1.21. The number of hydrogen-bond acceptors (Lipinski definition) is 5. The van der Waals surface area contributed by atoms with E-state index in [9.17, 15) is 4.39 Å². The Morgan fingerprint density at radius 3 is 2.89 bits per heavy atom. The smallest absolute Gasteiger partial charge is 0.142 e. The molecule has 0 bridgehead atoms. The molecule has 0 aromatic carbocycles. The third kappa shape index (κ3) is 3.56. The minimum absolute atomic E-state index is 0.342. The highest BCUT2D eigenvalue weighted by Gasteiger charge is 2.13. The molecule has 0 unspecified atom stereocenters. The molecule has 2 heterocycles. The van der Waals surface area contributed by atoms with Gasteiger partial charge < -0.3 is 10.1 Å². The second-order valence-electron chi connectivity index (χ2n) is 3.96. The van der Waals surface area contributed by atoms with E-state index in [0.717, 1.165) is 28.7 Å². The lowest BCUT2D eigenvalue weighted by molar-refractivity contribution is 0.181. The summed E-state index contributed by atoms with van der Waals surface area (Å²) in [7, 11) is 1.65. The van der Waals surface area contributed by atoms with Crippen molar-refractivity contribution in [3.8, 4) is 10.7 Å². The van der Waals surface area contributed by atoms with Gasteiger partial charge in [-0.3, -0.25) is 4.98 Å². The first-order chi connectivity index (χ1) is 9.24. The molecular weight excluding hydrogens is 265 g/mol. The first kappa shape index (κ1) is 14.0. The predicted octanol–water partition coefficient (Wildman–Crippen LogP) is 2.60. The van der Waals surface area contributed by atoms with Crippen molar-refractivity contribution in [1.82, 2.24) is 15.3 Å². The van der Waals surface area contributed by atoms with E-state index in [4.69, 9.17) is 4.74 Å². The fraction of sp³-hybridized carbons (Fsp3) is 0.385. The molecule has 0 saturated heterocycles. The van der Waals surface area contributed by atoms with Crippen LogP contribution in [0.3, 0.4) is 0 Å². The van der Waals surface area contributed by atoms with Crippen molar-refractivity contribution >= 4 is 11.3 Å². The van der Waals surface area contributed by atoms with E-state index in [2.05, 4.69) is 22.2 Å². The van der Waals surface area contributed by atoms with Crippen LogP contribution in [-0.2, 0) is 17.9 Å². The van der Waals surface area contributed by atoms with E-state index in [1.807, 2.05) is 0 Å². The van der Waals surface area contributed by atoms with Gasteiger partial charge >= 0.3 is 0 Å². The number of rotatable bonds is 6. The van der Waals surface area contributed by atoms with Crippen molar-refractivity contribution in [3.05, 3.63) is 34.7 Å². The minimum Gasteiger partial charge on any atom is -0.378 e. The van der Waals surface area contributed by atoms with Crippen LogP contribution in [0.25, 0.3) is 10.7 Å². The topological polar surface area (TPSA) is 47.0 Å². The van der Waals surface area contributed by atoms with Gasteiger partial charge in [0.25, 0.3) is 0 Å². The molecule has 0 fully saturated rings. The van der Waals surface area contributed by atoms with Gasteiger partial charge in [0.15, 0.2) is 0 Å². The van der Waals surface area contributed by atoms with Crippen LogP contribution < -0.4 is 5.32 Å². The second-order valence-corrected chi connectivity index (χ2v) is 5.05. The number of nitrogens with zero attached hydrogens (tertiary/aromatic N) is 2. The van der Waals surface area contributed by atoms with Gasteiger partial charge in [-0.15, -0.1) is 11.3 Å². The lowest BCUT2D eigenvalue weighted by Crippen LogP contribution is -2.12. The maximum absolute atomic E-state index is 12.9. The lowest BCUT2D eigenvalue weighted by atomic mass is 10.3. The quantitative estimate of drug-likeness (QED) is 0.884. The molecule has 0 radical (unpaired) electrons. The zero-order valence-electron chi connectivity index (χ0n) is 10.9. The first-order valence-electron chi connectivity index (χ1n) is 6.04. The molecule has 6 heteroatoms. The summed E-state index contributed by atoms with van der Waals surface area (Å²) in [5, 5.41) is 4.06. The fourth-order valence-electron chi connectivity index (χ4n) is 1.62. The highest BCUT2D eigenvalue weighted by molar-refractivity contribution is 7.15. The summed E-state index contributed by atoms with van der Waals surface area (Å²) in [5.41, 5.74) is 1.60. The van der Waals surface area contributed by atoms with E-state index in [1.54, 1.807) is 24.5 Å². The van der Waals surface area contributed by atoms with Crippen LogP contribution in [0.5, 0.6) is 0 Å². The Kier molecular flexibility index (Phi) is 4.95. The maximum atomic E-state index is 12.9. The molecule has 4 nitrogen and oxygen atoms in total. The molecule has 0 saturated carbocycles. The van der Waals surface area contributed by atoms with Crippen LogP contribution in [0.4, 0.5) is 4.39 Å². The van der Waals surface area contributed by atoms with E-state index < -0.39 is 0 Å². The Morgan fingerprint density at radius 1 is 1.42 bits per heavy atom. The van der Waals surface area contributed by atoms with Gasteiger partial charge in [0.2, 0.25) is 0 Å². The van der Waals surface area contributed by atoms with Gasteiger partial charge in [-0.05, 0) is 18.7 Å². The molecule has 0 aliphatic carbocycles. The number of methoxy groups -OCH3 is 1. The van der Waals surface area contributed by atoms with Crippen LogP contribution in [0, 0.1) is 5.82 Å². The number of halogens is 1. The predicted molar refractivity (Wildman–Crippen MR) is 73.4 cm³/mol. The maximum Gasteiger partial charge on any atom is 0.142 e. The molecular formula is C13H16FN3OS. The van der Waals surface area contributed by atoms with Crippen LogP contribution in [0.15, 0.2) is 18.3 Å². The van der Waals surface area contributed by atoms with Crippen LogP contribution in [0.2, 0.25) is 0 Å². The van der Waals surface area contributed by atoms with Crippen LogP contribution in [0.1, 0.15) is 17.5 Å². The second kappa shape index (κ2) is 6.70. The Bertz CT molecular complexity index is 527. The fourth-order valence-corrected chi connectivity index (χ4v) is 2.63. The number of nitrogens with one attached hydrogen (secondary N) is 1. The van der Waals surface area contributed by atoms with E-state index >= 15 is 0 Å². The van der Waals surface area contributed by atoms with E-state index in [0.29, 0.717) is 12.3 Å². The number of aromatic nitrogens is 2. The number of ether oxygens (including phenoxy) is 1. The van der Waals surface area contributed by atoms with Gasteiger partial charge in [-0.2, -0.15) is 0 Å². The van der Waals surface area contributed by atoms with Crippen molar-refractivity contribution in [3.63, 3.8) is 0 Å². The standard InChI is InChI=1S/C13H16FN3OS/c1-3-15-7-12-11(8-18-2)17-13(19-12)10-5-4-9(14)6-16-10/h4-6,15H,3,7-8H2,1-2H3. The SMILES string of the molecule is CCNCc1sc(-c2ccc(F)cn2)nc1COC. The minimum atomic E-state index is -0.342. The molecule has 0 aliphatic heterocycles. The first-order valence-corrected chi connectivity index (χ1v) is 6.86. The number of hydrogen-bond donors (Lipinski definition) is 1. The Balaban J connectivity index is 2.27. The molecule has 102 valence electrons. The molecule has 0 aliphatic rings. The zero-order valence-corrected chi connectivity index (χ0v) is 11.8. The number of thiazole rings is 1. The zero-order chi connectivity index (χ0) is 13.7. The normalized spacial score (nSPS) is 10.9. The third-order valence-corrected chi connectivity index (χ3v) is 3.66. The molecule has 0 atom stereocenters. The largest absolute Gasteiger partial charge is 0.378 e. The Hall–Kier alpha value is -1.37. The van der Waals surface area contributed by atoms with Crippen molar-refractivity contribution in [2.24, 2.45) is 0 Å². The van der Waals surface area contributed by atoms with Crippen LogP contribution in [-0.4, -0.2) is 23.6 Å². The molecule has 0 spiro atoms. The highest BCUT2D eigenvalue weighted by atomic mass is 32.1. The van der Waals surface area contributed by atoms with Gasteiger partial charge in [-0.25, -0.2) is 9.37 Å². The van der Waals surface area contributed by atoms with Gasteiger partial charge in [0.05, 0.1) is 24.2 Å². The lowest BCUT2D eigenvalue weighted by Gasteiger charge is -2.00. The highest BCUT2D eigenvalue weighted by Crippen LogP contribution is 2.27. The van der Waals surface area contributed by atoms with Crippen molar-refractivity contribution in [1.29, 1.82) is 0 Å². The molecule has 1 N–H and O–H groups in total. The molecule has 0 amide bonds. The van der Waals surface area contributed by atoms with Gasteiger partial charge in [-0.1, -0.05) is 6.92 Å². The molecule has 2 rings (SSSR count). The van der Waals surface area contributed by atoms with E-state index in [-0.39, 0.29) is 5.82 Å². The van der Waals surface area contributed by atoms with Gasteiger partial charge in [0.1, 0.15) is 10.8 Å². The third-order valence-electron chi connectivity index (χ3n) is 2.54. The van der Waals surface area contributed by atoms with Crippen molar-refractivity contribution in [2.45, 2.75) is 20.1 Å².